The van der Waals surface area contributed by atoms with Gasteiger partial charge in [-0.2, -0.15) is 0 Å². The van der Waals surface area contributed by atoms with E-state index in [1.165, 1.54) is 12.1 Å². The van der Waals surface area contributed by atoms with Crippen molar-refractivity contribution < 1.29 is 13.9 Å². The Balaban J connectivity index is 0.00000529. The van der Waals surface area contributed by atoms with Gasteiger partial charge in [-0.15, -0.1) is 24.0 Å². The molecule has 136 valence electrons. The van der Waals surface area contributed by atoms with Gasteiger partial charge in [0.05, 0.1) is 6.42 Å². The molecule has 1 amide bonds. The minimum Gasteiger partial charge on any atom is -0.385 e. The monoisotopic (exact) mass is 452 g/mol. The normalized spacial score (nSPS) is 10.7. The van der Waals surface area contributed by atoms with Crippen LogP contribution < -0.4 is 16.0 Å². The summed E-state index contributed by atoms with van der Waals surface area (Å²) in [6.45, 7) is 2.52. The van der Waals surface area contributed by atoms with Crippen LogP contribution in [0, 0.1) is 5.82 Å². The topological polar surface area (TPSA) is 74.8 Å². The van der Waals surface area contributed by atoms with E-state index in [4.69, 9.17) is 4.74 Å². The lowest BCUT2D eigenvalue weighted by molar-refractivity contribution is -0.120. The van der Waals surface area contributed by atoms with E-state index in [0.29, 0.717) is 25.7 Å². The van der Waals surface area contributed by atoms with Gasteiger partial charge in [-0.05, 0) is 24.1 Å². The second-order valence-electron chi connectivity index (χ2n) is 4.93. The maximum Gasteiger partial charge on any atom is 0.224 e. The van der Waals surface area contributed by atoms with Crippen LogP contribution in [0.3, 0.4) is 0 Å². The predicted molar refractivity (Wildman–Crippen MR) is 104 cm³/mol. The second-order valence-corrected chi connectivity index (χ2v) is 4.93. The number of hydrogen-bond acceptors (Lipinski definition) is 3. The Morgan fingerprint density at radius 2 is 1.75 bits per heavy atom. The Morgan fingerprint density at radius 3 is 2.38 bits per heavy atom. The molecule has 0 aliphatic carbocycles. The van der Waals surface area contributed by atoms with E-state index in [9.17, 15) is 9.18 Å². The number of benzene rings is 1. The fraction of sp³-hybridized carbons (Fsp3) is 0.500. The van der Waals surface area contributed by atoms with Crippen LogP contribution in [-0.4, -0.2) is 52.3 Å². The standard InChI is InChI=1S/C16H25FN4O2.HI/c1-18-16(20-8-3-11-23-2)21-10-9-19-15(22)12-13-4-6-14(17)7-5-13;/h4-7H,3,8-12H2,1-2H3,(H,19,22)(H2,18,20,21);1H. The number of ether oxygens (including phenoxy) is 1. The second kappa shape index (κ2) is 14.0. The number of nitrogens with zero attached hydrogens (tertiary/aromatic N) is 1. The first-order chi connectivity index (χ1) is 11.2. The minimum absolute atomic E-state index is 0. The van der Waals surface area contributed by atoms with Gasteiger partial charge in [-0.1, -0.05) is 12.1 Å². The summed E-state index contributed by atoms with van der Waals surface area (Å²) in [7, 11) is 3.36. The van der Waals surface area contributed by atoms with E-state index < -0.39 is 0 Å². The molecule has 0 aliphatic heterocycles. The quantitative estimate of drug-likeness (QED) is 0.229. The molecule has 6 nitrogen and oxygen atoms in total. The summed E-state index contributed by atoms with van der Waals surface area (Å²) in [6.07, 6.45) is 1.13. The van der Waals surface area contributed by atoms with E-state index in [0.717, 1.165) is 18.5 Å². The molecule has 1 aromatic rings. The average Bonchev–Trinajstić information content (AvgIpc) is 2.55. The molecule has 0 fully saturated rings. The number of guanidine groups is 1. The molecule has 0 radical (unpaired) electrons. The molecule has 0 spiro atoms. The van der Waals surface area contributed by atoms with Crippen LogP contribution in [0.5, 0.6) is 0 Å². The van der Waals surface area contributed by atoms with Crippen LogP contribution >= 0.6 is 24.0 Å². The van der Waals surface area contributed by atoms with Crippen LogP contribution in [-0.2, 0) is 16.0 Å². The van der Waals surface area contributed by atoms with Crippen molar-refractivity contribution in [3.8, 4) is 0 Å². The Hall–Kier alpha value is -1.42. The zero-order valence-electron chi connectivity index (χ0n) is 14.1. The summed E-state index contributed by atoms with van der Waals surface area (Å²) < 4.78 is 17.7. The van der Waals surface area contributed by atoms with Gasteiger partial charge in [0.1, 0.15) is 5.82 Å². The van der Waals surface area contributed by atoms with Crippen molar-refractivity contribution in [3.05, 3.63) is 35.6 Å². The SMILES string of the molecule is CN=C(NCCCOC)NCCNC(=O)Cc1ccc(F)cc1.I. The summed E-state index contributed by atoms with van der Waals surface area (Å²) in [6, 6.07) is 5.92. The summed E-state index contributed by atoms with van der Waals surface area (Å²) in [4.78, 5) is 15.8. The molecule has 3 N–H and O–H groups in total. The summed E-state index contributed by atoms with van der Waals surface area (Å²) in [5.41, 5.74) is 0.785. The largest absolute Gasteiger partial charge is 0.385 e. The number of methoxy groups -OCH3 is 1. The third-order valence-electron chi connectivity index (χ3n) is 3.06. The van der Waals surface area contributed by atoms with Gasteiger partial charge in [0.15, 0.2) is 5.96 Å². The van der Waals surface area contributed by atoms with Crippen LogP contribution in [0.15, 0.2) is 29.3 Å². The van der Waals surface area contributed by atoms with Crippen molar-refractivity contribution in [1.29, 1.82) is 0 Å². The molecule has 8 heteroatoms. The van der Waals surface area contributed by atoms with Crippen LogP contribution in [0.4, 0.5) is 4.39 Å². The first kappa shape index (κ1) is 22.6. The van der Waals surface area contributed by atoms with Crippen molar-refractivity contribution in [3.63, 3.8) is 0 Å². The highest BCUT2D eigenvalue weighted by atomic mass is 127. The lowest BCUT2D eigenvalue weighted by atomic mass is 10.1. The first-order valence-electron chi connectivity index (χ1n) is 7.60. The Morgan fingerprint density at radius 1 is 1.12 bits per heavy atom. The Bertz CT molecular complexity index is 497. The number of hydrogen-bond donors (Lipinski definition) is 3. The highest BCUT2D eigenvalue weighted by Crippen LogP contribution is 2.03. The zero-order valence-corrected chi connectivity index (χ0v) is 16.4. The van der Waals surface area contributed by atoms with Crippen molar-refractivity contribution in [2.75, 3.05) is 40.4 Å². The van der Waals surface area contributed by atoms with E-state index in [-0.39, 0.29) is 42.1 Å². The van der Waals surface area contributed by atoms with Gasteiger partial charge >= 0.3 is 0 Å². The van der Waals surface area contributed by atoms with Gasteiger partial charge in [-0.25, -0.2) is 4.39 Å². The van der Waals surface area contributed by atoms with Crippen molar-refractivity contribution in [2.24, 2.45) is 4.99 Å². The summed E-state index contributed by atoms with van der Waals surface area (Å²) >= 11 is 0. The van der Waals surface area contributed by atoms with E-state index in [1.807, 2.05) is 0 Å². The van der Waals surface area contributed by atoms with E-state index >= 15 is 0 Å². The Labute approximate surface area is 159 Å². The number of aliphatic imine (C=N–C) groups is 1. The first-order valence-corrected chi connectivity index (χ1v) is 7.60. The molecule has 1 rings (SSSR count). The lowest BCUT2D eigenvalue weighted by Gasteiger charge is -2.12. The number of halogens is 2. The van der Waals surface area contributed by atoms with Crippen molar-refractivity contribution in [2.45, 2.75) is 12.8 Å². The molecular formula is C16H26FIN4O2. The number of carbonyl (C=O) groups is 1. The predicted octanol–water partition coefficient (Wildman–Crippen LogP) is 1.30. The molecule has 0 heterocycles. The molecule has 1 aromatic carbocycles. The fourth-order valence-electron chi connectivity index (χ4n) is 1.88. The molecule has 0 aliphatic rings. The van der Waals surface area contributed by atoms with Gasteiger partial charge in [0.2, 0.25) is 5.91 Å². The average molecular weight is 452 g/mol. The molecular weight excluding hydrogens is 426 g/mol. The molecule has 24 heavy (non-hydrogen) atoms. The van der Waals surface area contributed by atoms with Crippen LogP contribution in [0.1, 0.15) is 12.0 Å². The lowest BCUT2D eigenvalue weighted by Crippen LogP contribution is -2.42. The van der Waals surface area contributed by atoms with Crippen molar-refractivity contribution >= 4 is 35.8 Å². The van der Waals surface area contributed by atoms with E-state index in [2.05, 4.69) is 20.9 Å². The van der Waals surface area contributed by atoms with Crippen LogP contribution in [0.2, 0.25) is 0 Å². The number of nitrogens with one attached hydrogen (secondary N) is 3. The smallest absolute Gasteiger partial charge is 0.224 e. The molecule has 0 bridgehead atoms. The maximum atomic E-state index is 12.8. The Kier molecular flexibility index (Phi) is 13.1. The van der Waals surface area contributed by atoms with E-state index in [1.54, 1.807) is 26.3 Å². The molecule has 0 atom stereocenters. The van der Waals surface area contributed by atoms with Crippen LogP contribution in [0.25, 0.3) is 0 Å². The van der Waals surface area contributed by atoms with Gasteiger partial charge in [0.25, 0.3) is 0 Å². The molecule has 0 unspecified atom stereocenters. The number of amides is 1. The fourth-order valence-corrected chi connectivity index (χ4v) is 1.88. The number of rotatable bonds is 9. The molecule has 0 saturated carbocycles. The maximum absolute atomic E-state index is 12.8. The molecule has 0 aromatic heterocycles. The summed E-state index contributed by atoms with van der Waals surface area (Å²) in [5, 5.41) is 9.06. The minimum atomic E-state index is -0.303. The van der Waals surface area contributed by atoms with Gasteiger partial charge in [0, 0.05) is 40.4 Å². The highest BCUT2D eigenvalue weighted by Gasteiger charge is 2.03. The van der Waals surface area contributed by atoms with Gasteiger partial charge in [-0.3, -0.25) is 9.79 Å². The third kappa shape index (κ3) is 10.4. The summed E-state index contributed by atoms with van der Waals surface area (Å²) in [5.74, 6) is 0.290. The van der Waals surface area contributed by atoms with Crippen molar-refractivity contribution in [1.82, 2.24) is 16.0 Å². The zero-order chi connectivity index (χ0) is 16.9. The highest BCUT2D eigenvalue weighted by molar-refractivity contribution is 14.0. The third-order valence-corrected chi connectivity index (χ3v) is 3.06. The number of carbonyl (C=O) groups excluding carboxylic acids is 1. The van der Waals surface area contributed by atoms with Gasteiger partial charge < -0.3 is 20.7 Å². The molecule has 0 saturated heterocycles.